The minimum atomic E-state index is -1.63. The second-order valence-corrected chi connectivity index (χ2v) is 9.33. The summed E-state index contributed by atoms with van der Waals surface area (Å²) in [5, 5.41) is 21.5. The van der Waals surface area contributed by atoms with Crippen LogP contribution in [0.4, 0.5) is 8.78 Å². The van der Waals surface area contributed by atoms with Gasteiger partial charge in [0, 0.05) is 25.8 Å². The molecule has 7 heteroatoms. The summed E-state index contributed by atoms with van der Waals surface area (Å²) in [6, 6.07) is 4.36. The van der Waals surface area contributed by atoms with Gasteiger partial charge in [-0.15, -0.1) is 0 Å². The molecule has 174 valence electrons. The van der Waals surface area contributed by atoms with Crippen LogP contribution < -0.4 is 0 Å². The van der Waals surface area contributed by atoms with E-state index in [0.29, 0.717) is 12.8 Å². The van der Waals surface area contributed by atoms with Crippen molar-refractivity contribution < 1.29 is 28.2 Å². The van der Waals surface area contributed by atoms with E-state index in [0.717, 1.165) is 25.0 Å². The average Bonchev–Trinajstić information content (AvgIpc) is 3.24. The van der Waals surface area contributed by atoms with E-state index in [1.807, 2.05) is 0 Å². The zero-order chi connectivity index (χ0) is 23.7. The number of esters is 1. The molecule has 0 radical (unpaired) electrons. The Kier molecular flexibility index (Phi) is 6.67. The highest BCUT2D eigenvalue weighted by Crippen LogP contribution is 2.47. The van der Waals surface area contributed by atoms with Gasteiger partial charge in [0.05, 0.1) is 23.2 Å². The van der Waals surface area contributed by atoms with Crippen LogP contribution in [0.1, 0.15) is 83.8 Å². The van der Waals surface area contributed by atoms with Crippen LogP contribution in [-0.2, 0) is 25.3 Å². The maximum absolute atomic E-state index is 15.3. The van der Waals surface area contributed by atoms with Gasteiger partial charge in [0.1, 0.15) is 17.4 Å². The molecule has 5 nitrogen and oxygen atoms in total. The molecule has 1 aromatic rings. The van der Waals surface area contributed by atoms with Crippen molar-refractivity contribution in [3.63, 3.8) is 0 Å². The molecule has 1 fully saturated rings. The summed E-state index contributed by atoms with van der Waals surface area (Å²) < 4.78 is 41.5. The third-order valence-corrected chi connectivity index (χ3v) is 6.92. The van der Waals surface area contributed by atoms with E-state index in [9.17, 15) is 15.2 Å². The third-order valence-electron chi connectivity index (χ3n) is 6.92. The number of rotatable bonds is 7. The lowest BCUT2D eigenvalue weighted by molar-refractivity contribution is -0.209. The Bertz CT molecular complexity index is 932. The van der Waals surface area contributed by atoms with Gasteiger partial charge in [0.25, 0.3) is 0 Å². The van der Waals surface area contributed by atoms with Gasteiger partial charge in [0.2, 0.25) is 5.79 Å². The number of carbonyl (C=O) groups excluding carboxylic acids is 1. The summed E-state index contributed by atoms with van der Waals surface area (Å²) in [5.41, 5.74) is -3.09. The molecular weight excluding hydrogens is 416 g/mol. The molecule has 0 bridgehead atoms. The molecule has 1 atom stereocenters. The first-order valence-electron chi connectivity index (χ1n) is 11.3. The number of aliphatic hydroxyl groups is 1. The SMILES string of the molecule is CCC(C#N)(CC)c1c(F)cc(C(O)(CC2=CC(=O)OC(C)(C)O2)C2CCCC2)cc1F. The van der Waals surface area contributed by atoms with Crippen molar-refractivity contribution in [1.82, 2.24) is 0 Å². The Hall–Kier alpha value is -2.46. The fraction of sp³-hybridized carbons (Fsp3) is 0.600. The molecule has 1 aliphatic carbocycles. The molecule has 0 spiro atoms. The first-order valence-corrected chi connectivity index (χ1v) is 11.3. The van der Waals surface area contributed by atoms with Crippen molar-refractivity contribution >= 4 is 5.97 Å². The Morgan fingerprint density at radius 3 is 2.19 bits per heavy atom. The Morgan fingerprint density at radius 1 is 1.16 bits per heavy atom. The second-order valence-electron chi connectivity index (χ2n) is 9.33. The summed E-state index contributed by atoms with van der Waals surface area (Å²) >= 11 is 0. The first kappa shape index (κ1) is 24.2. The van der Waals surface area contributed by atoms with Gasteiger partial charge in [-0.1, -0.05) is 26.7 Å². The normalized spacial score (nSPS) is 20.7. The third kappa shape index (κ3) is 4.38. The molecule has 3 rings (SSSR count). The Morgan fingerprint density at radius 2 is 1.72 bits per heavy atom. The van der Waals surface area contributed by atoms with Gasteiger partial charge in [-0.25, -0.2) is 13.6 Å². The van der Waals surface area contributed by atoms with Gasteiger partial charge in [-0.05, 0) is 49.3 Å². The highest BCUT2D eigenvalue weighted by Gasteiger charge is 2.45. The fourth-order valence-corrected chi connectivity index (χ4v) is 5.11. The first-order chi connectivity index (χ1) is 15.0. The molecule has 1 aliphatic heterocycles. The van der Waals surface area contributed by atoms with Crippen LogP contribution in [0.15, 0.2) is 24.0 Å². The average molecular weight is 448 g/mol. The lowest BCUT2D eigenvalue weighted by Gasteiger charge is -2.38. The highest BCUT2D eigenvalue weighted by atomic mass is 19.1. The quantitative estimate of drug-likeness (QED) is 0.558. The van der Waals surface area contributed by atoms with E-state index in [2.05, 4.69) is 6.07 Å². The summed E-state index contributed by atoms with van der Waals surface area (Å²) in [6.45, 7) is 6.61. The molecule has 1 N–H and O–H groups in total. The van der Waals surface area contributed by atoms with Gasteiger partial charge < -0.3 is 14.6 Å². The lowest BCUT2D eigenvalue weighted by atomic mass is 9.73. The largest absolute Gasteiger partial charge is 0.457 e. The van der Waals surface area contributed by atoms with Crippen molar-refractivity contribution in [2.45, 2.75) is 89.4 Å². The lowest BCUT2D eigenvalue weighted by Crippen LogP contribution is -2.39. The Labute approximate surface area is 188 Å². The number of hydrogen-bond acceptors (Lipinski definition) is 5. The molecule has 0 aromatic heterocycles. The van der Waals surface area contributed by atoms with Gasteiger partial charge >= 0.3 is 5.97 Å². The van der Waals surface area contributed by atoms with Crippen molar-refractivity contribution in [2.75, 3.05) is 0 Å². The van der Waals surface area contributed by atoms with Crippen LogP contribution in [0.5, 0.6) is 0 Å². The number of hydrogen-bond donors (Lipinski definition) is 1. The minimum absolute atomic E-state index is 0.0865. The molecule has 0 saturated heterocycles. The molecule has 1 heterocycles. The van der Waals surface area contributed by atoms with Gasteiger partial charge in [-0.2, -0.15) is 5.26 Å². The maximum atomic E-state index is 15.3. The standard InChI is InChI=1S/C25H31F2NO4/c1-5-24(6-2,15-28)22-19(26)11-17(12-20(22)27)25(30,16-9-7-8-10-16)14-18-13-21(29)32-23(3,4)31-18/h11-13,16,30H,5-10,14H2,1-4H3. The molecule has 1 aromatic carbocycles. The van der Waals surface area contributed by atoms with Crippen molar-refractivity contribution in [3.8, 4) is 6.07 Å². The van der Waals surface area contributed by atoms with Crippen LogP contribution in [0.3, 0.4) is 0 Å². The Balaban J connectivity index is 2.09. The molecule has 2 aliphatic rings. The van der Waals surface area contributed by atoms with Crippen molar-refractivity contribution in [3.05, 3.63) is 46.7 Å². The molecule has 0 amide bonds. The monoisotopic (exact) mass is 447 g/mol. The predicted octanol–water partition coefficient (Wildman–Crippen LogP) is 5.51. The van der Waals surface area contributed by atoms with Gasteiger partial charge in [-0.3, -0.25) is 0 Å². The fourth-order valence-electron chi connectivity index (χ4n) is 5.11. The summed E-state index contributed by atoms with van der Waals surface area (Å²) in [6.07, 6.45) is 4.75. The van der Waals surface area contributed by atoms with Crippen LogP contribution in [0.2, 0.25) is 0 Å². The molecule has 1 saturated carbocycles. The number of cyclic esters (lactones) is 1. The predicted molar refractivity (Wildman–Crippen MR) is 114 cm³/mol. The number of carbonyl (C=O) groups is 1. The van der Waals surface area contributed by atoms with E-state index in [1.165, 1.54) is 6.08 Å². The molecule has 1 unspecified atom stereocenters. The number of ether oxygens (including phenoxy) is 2. The number of nitrogens with zero attached hydrogens (tertiary/aromatic N) is 1. The van der Waals surface area contributed by atoms with Crippen molar-refractivity contribution in [1.29, 1.82) is 5.26 Å². The summed E-state index contributed by atoms with van der Waals surface area (Å²) in [7, 11) is 0. The summed E-state index contributed by atoms with van der Waals surface area (Å²) in [5.74, 6) is -3.54. The molecule has 32 heavy (non-hydrogen) atoms. The van der Waals surface area contributed by atoms with Crippen LogP contribution in [0, 0.1) is 28.9 Å². The topological polar surface area (TPSA) is 79.5 Å². The van der Waals surface area contributed by atoms with Crippen LogP contribution in [-0.4, -0.2) is 16.9 Å². The van der Waals surface area contributed by atoms with E-state index in [4.69, 9.17) is 9.47 Å². The van der Waals surface area contributed by atoms with E-state index >= 15 is 8.78 Å². The zero-order valence-corrected chi connectivity index (χ0v) is 19.1. The van der Waals surface area contributed by atoms with Crippen LogP contribution in [0.25, 0.3) is 0 Å². The van der Waals surface area contributed by atoms with E-state index < -0.39 is 34.4 Å². The number of nitriles is 1. The number of benzene rings is 1. The maximum Gasteiger partial charge on any atom is 0.337 e. The molecular formula is C25H31F2NO4. The zero-order valence-electron chi connectivity index (χ0n) is 19.1. The van der Waals surface area contributed by atoms with Crippen LogP contribution >= 0.6 is 0 Å². The minimum Gasteiger partial charge on any atom is -0.457 e. The van der Waals surface area contributed by atoms with Gasteiger partial charge in [0.15, 0.2) is 0 Å². The second kappa shape index (κ2) is 8.82. The summed E-state index contributed by atoms with van der Waals surface area (Å²) in [4.78, 5) is 12.0. The van der Waals surface area contributed by atoms with E-state index in [-0.39, 0.29) is 42.1 Å². The smallest absolute Gasteiger partial charge is 0.337 e. The number of halogens is 2. The van der Waals surface area contributed by atoms with E-state index in [1.54, 1.807) is 27.7 Å². The van der Waals surface area contributed by atoms with Crippen molar-refractivity contribution in [2.24, 2.45) is 5.92 Å². The highest BCUT2D eigenvalue weighted by molar-refractivity contribution is 5.83.